The molecule has 0 saturated carbocycles. The molecule has 26 heavy (non-hydrogen) atoms. The van der Waals surface area contributed by atoms with E-state index in [9.17, 15) is 9.59 Å². The Kier molecular flexibility index (Phi) is 6.58. The lowest BCUT2D eigenvalue weighted by Crippen LogP contribution is -2.39. The van der Waals surface area contributed by atoms with Crippen molar-refractivity contribution in [2.24, 2.45) is 0 Å². The first kappa shape index (κ1) is 19.7. The number of hydrogen-bond acceptors (Lipinski definition) is 4. The number of benzene rings is 2. The summed E-state index contributed by atoms with van der Waals surface area (Å²) in [5.74, 6) is -0.112. The van der Waals surface area contributed by atoms with Crippen LogP contribution in [-0.4, -0.2) is 24.0 Å². The standard InChI is InChI=1S/C21H21ClO4/c1-4-25-20(24)21(2,3)26-17-12-9-16(10-13-17)19(23)14-11-15-7-5-6-8-18(15)22/h5-14H,4H2,1-3H3/b14-11+. The van der Waals surface area contributed by atoms with E-state index in [1.165, 1.54) is 6.08 Å². The van der Waals surface area contributed by atoms with Crippen molar-refractivity contribution in [2.75, 3.05) is 6.61 Å². The Balaban J connectivity index is 2.06. The van der Waals surface area contributed by atoms with Crippen molar-refractivity contribution in [3.63, 3.8) is 0 Å². The molecule has 2 aromatic rings. The molecule has 5 heteroatoms. The van der Waals surface area contributed by atoms with E-state index in [1.807, 2.05) is 18.2 Å². The van der Waals surface area contributed by atoms with Crippen LogP contribution < -0.4 is 4.74 Å². The fourth-order valence-corrected chi connectivity index (χ4v) is 2.40. The quantitative estimate of drug-likeness (QED) is 0.391. The summed E-state index contributed by atoms with van der Waals surface area (Å²) in [5.41, 5.74) is 0.180. The molecule has 4 nitrogen and oxygen atoms in total. The highest BCUT2D eigenvalue weighted by molar-refractivity contribution is 6.32. The zero-order valence-electron chi connectivity index (χ0n) is 15.0. The molecule has 0 aromatic heterocycles. The maximum absolute atomic E-state index is 12.3. The zero-order chi connectivity index (χ0) is 19.2. The number of carbonyl (C=O) groups is 2. The van der Waals surface area contributed by atoms with Crippen molar-refractivity contribution in [1.29, 1.82) is 0 Å². The highest BCUT2D eigenvalue weighted by Gasteiger charge is 2.31. The van der Waals surface area contributed by atoms with Gasteiger partial charge in [0.15, 0.2) is 11.4 Å². The highest BCUT2D eigenvalue weighted by atomic mass is 35.5. The minimum atomic E-state index is -1.11. The van der Waals surface area contributed by atoms with E-state index in [2.05, 4.69) is 0 Å². The van der Waals surface area contributed by atoms with Crippen molar-refractivity contribution >= 4 is 29.4 Å². The van der Waals surface area contributed by atoms with E-state index in [0.29, 0.717) is 16.3 Å². The number of rotatable bonds is 7. The van der Waals surface area contributed by atoms with Crippen LogP contribution in [0.15, 0.2) is 54.6 Å². The predicted octanol–water partition coefficient (Wildman–Crippen LogP) is 4.96. The van der Waals surface area contributed by atoms with Crippen LogP contribution in [0.5, 0.6) is 5.75 Å². The molecule has 0 atom stereocenters. The maximum Gasteiger partial charge on any atom is 0.349 e. The lowest BCUT2D eigenvalue weighted by atomic mass is 10.1. The first-order valence-corrected chi connectivity index (χ1v) is 8.64. The van der Waals surface area contributed by atoms with Crippen molar-refractivity contribution in [2.45, 2.75) is 26.4 Å². The summed E-state index contributed by atoms with van der Waals surface area (Å²) in [7, 11) is 0. The number of esters is 1. The second kappa shape index (κ2) is 8.68. The lowest BCUT2D eigenvalue weighted by Gasteiger charge is -2.24. The van der Waals surface area contributed by atoms with Crippen LogP contribution in [0.4, 0.5) is 0 Å². The van der Waals surface area contributed by atoms with Gasteiger partial charge in [-0.05, 0) is 68.8 Å². The van der Waals surface area contributed by atoms with Crippen molar-refractivity contribution in [3.8, 4) is 5.75 Å². The summed E-state index contributed by atoms with van der Waals surface area (Å²) in [4.78, 5) is 24.1. The number of carbonyl (C=O) groups excluding carboxylic acids is 2. The third-order valence-corrected chi connectivity index (χ3v) is 3.94. The Hall–Kier alpha value is -2.59. The van der Waals surface area contributed by atoms with Gasteiger partial charge >= 0.3 is 5.97 Å². The van der Waals surface area contributed by atoms with Gasteiger partial charge in [0.1, 0.15) is 5.75 Å². The zero-order valence-corrected chi connectivity index (χ0v) is 15.7. The van der Waals surface area contributed by atoms with Crippen molar-refractivity contribution in [3.05, 3.63) is 70.8 Å². The number of allylic oxidation sites excluding steroid dienone is 1. The fraction of sp³-hybridized carbons (Fsp3) is 0.238. The van der Waals surface area contributed by atoms with Crippen LogP contribution in [-0.2, 0) is 9.53 Å². The molecule has 2 rings (SSSR count). The van der Waals surface area contributed by atoms with Crippen LogP contribution in [0.3, 0.4) is 0 Å². The predicted molar refractivity (Wildman–Crippen MR) is 103 cm³/mol. The molecule has 0 bridgehead atoms. The molecular formula is C21H21ClO4. The average molecular weight is 373 g/mol. The molecular weight excluding hydrogens is 352 g/mol. The van der Waals surface area contributed by atoms with Crippen LogP contribution in [0.25, 0.3) is 6.08 Å². The van der Waals surface area contributed by atoms with Crippen LogP contribution in [0.1, 0.15) is 36.7 Å². The molecule has 0 aliphatic carbocycles. The van der Waals surface area contributed by atoms with Gasteiger partial charge in [-0.25, -0.2) is 4.79 Å². The van der Waals surface area contributed by atoms with Crippen LogP contribution >= 0.6 is 11.6 Å². The van der Waals surface area contributed by atoms with Gasteiger partial charge in [0.2, 0.25) is 0 Å². The second-order valence-corrected chi connectivity index (χ2v) is 6.48. The minimum Gasteiger partial charge on any atom is -0.476 e. The number of ketones is 1. The lowest BCUT2D eigenvalue weighted by molar-refractivity contribution is -0.158. The molecule has 0 spiro atoms. The minimum absolute atomic E-state index is 0.152. The van der Waals surface area contributed by atoms with Crippen LogP contribution in [0.2, 0.25) is 5.02 Å². The largest absolute Gasteiger partial charge is 0.476 e. The Bertz CT molecular complexity index is 807. The molecule has 0 aliphatic heterocycles. The monoisotopic (exact) mass is 372 g/mol. The normalized spacial score (nSPS) is 11.4. The molecule has 2 aromatic carbocycles. The van der Waals surface area contributed by atoms with Gasteiger partial charge in [-0.15, -0.1) is 0 Å². The Morgan fingerprint density at radius 3 is 2.35 bits per heavy atom. The van der Waals surface area contributed by atoms with Gasteiger partial charge < -0.3 is 9.47 Å². The summed E-state index contributed by atoms with van der Waals surface area (Å²) in [6.45, 7) is 5.30. The third kappa shape index (κ3) is 5.20. The van der Waals surface area contributed by atoms with E-state index >= 15 is 0 Å². The van der Waals surface area contributed by atoms with Crippen molar-refractivity contribution < 1.29 is 19.1 Å². The second-order valence-electron chi connectivity index (χ2n) is 6.08. The highest BCUT2D eigenvalue weighted by Crippen LogP contribution is 2.21. The average Bonchev–Trinajstić information content (AvgIpc) is 2.61. The molecule has 0 N–H and O–H groups in total. The van der Waals surface area contributed by atoms with E-state index < -0.39 is 11.6 Å². The van der Waals surface area contributed by atoms with Gasteiger partial charge in [-0.2, -0.15) is 0 Å². The van der Waals surface area contributed by atoms with Gasteiger partial charge in [-0.1, -0.05) is 29.8 Å². The van der Waals surface area contributed by atoms with E-state index in [4.69, 9.17) is 21.1 Å². The van der Waals surface area contributed by atoms with Gasteiger partial charge in [-0.3, -0.25) is 4.79 Å². The Morgan fingerprint density at radius 1 is 1.08 bits per heavy atom. The molecule has 0 fully saturated rings. The molecule has 0 radical (unpaired) electrons. The molecule has 0 saturated heterocycles. The molecule has 0 heterocycles. The number of halogens is 1. The summed E-state index contributed by atoms with van der Waals surface area (Å²) in [6, 6.07) is 13.9. The Labute approximate surface area is 158 Å². The van der Waals surface area contributed by atoms with Crippen molar-refractivity contribution in [1.82, 2.24) is 0 Å². The number of hydrogen-bond donors (Lipinski definition) is 0. The van der Waals surface area contributed by atoms with Gasteiger partial charge in [0.05, 0.1) is 6.61 Å². The van der Waals surface area contributed by atoms with Crippen LogP contribution in [0, 0.1) is 0 Å². The van der Waals surface area contributed by atoms with E-state index in [0.717, 1.165) is 5.56 Å². The van der Waals surface area contributed by atoms with E-state index in [-0.39, 0.29) is 12.4 Å². The summed E-state index contributed by atoms with van der Waals surface area (Å²) >= 11 is 6.07. The topological polar surface area (TPSA) is 52.6 Å². The third-order valence-electron chi connectivity index (χ3n) is 3.60. The SMILES string of the molecule is CCOC(=O)C(C)(C)Oc1ccc(C(=O)/C=C/c2ccccc2Cl)cc1. The van der Waals surface area contributed by atoms with Gasteiger partial charge in [0, 0.05) is 10.6 Å². The molecule has 136 valence electrons. The number of ether oxygens (including phenoxy) is 2. The van der Waals surface area contributed by atoms with Gasteiger partial charge in [0.25, 0.3) is 0 Å². The summed E-state index contributed by atoms with van der Waals surface area (Å²) < 4.78 is 10.7. The van der Waals surface area contributed by atoms with E-state index in [1.54, 1.807) is 57.2 Å². The first-order chi connectivity index (χ1) is 12.3. The smallest absolute Gasteiger partial charge is 0.349 e. The Morgan fingerprint density at radius 2 is 1.73 bits per heavy atom. The summed E-state index contributed by atoms with van der Waals surface area (Å²) in [6.07, 6.45) is 3.15. The molecule has 0 aliphatic rings. The summed E-state index contributed by atoms with van der Waals surface area (Å²) in [5, 5.41) is 0.585. The first-order valence-electron chi connectivity index (χ1n) is 8.26. The molecule has 0 amide bonds. The fourth-order valence-electron chi connectivity index (χ4n) is 2.20. The molecule has 0 unspecified atom stereocenters. The maximum atomic E-state index is 12.3.